The van der Waals surface area contributed by atoms with Crippen LogP contribution in [0.25, 0.3) is 0 Å². The molecule has 0 unspecified atom stereocenters. The minimum atomic E-state index is -5.33. The summed E-state index contributed by atoms with van der Waals surface area (Å²) in [5.74, 6) is 0. The molecule has 0 saturated carbocycles. The van der Waals surface area contributed by atoms with Gasteiger partial charge in [0.15, 0.2) is 0 Å². The quantitative estimate of drug-likeness (QED) is 0.0714. The van der Waals surface area contributed by atoms with E-state index in [2.05, 4.69) is 0 Å². The van der Waals surface area contributed by atoms with Crippen molar-refractivity contribution in [2.45, 2.75) is 124 Å². The summed E-state index contributed by atoms with van der Waals surface area (Å²) in [5, 5.41) is -2.49. The van der Waals surface area contributed by atoms with Crippen LogP contribution in [0.3, 0.4) is 0 Å². The lowest BCUT2D eigenvalue weighted by Crippen LogP contribution is -2.79. The lowest BCUT2D eigenvalue weighted by atomic mass is 10.1. The molecule has 212 valence electrons. The van der Waals surface area contributed by atoms with Gasteiger partial charge in [-0.1, -0.05) is 80.1 Å². The fourth-order valence-corrected chi connectivity index (χ4v) is 10.8. The zero-order valence-corrected chi connectivity index (χ0v) is 25.4. The van der Waals surface area contributed by atoms with Gasteiger partial charge in [-0.15, -0.1) is 0 Å². The van der Waals surface area contributed by atoms with Crippen molar-refractivity contribution < 1.29 is 37.7 Å². The molecule has 0 spiro atoms. The molecule has 0 rings (SSSR count). The molecule has 0 aliphatic heterocycles. The van der Waals surface area contributed by atoms with E-state index in [1.807, 2.05) is 41.5 Å². The average molecular weight is 545 g/mol. The van der Waals surface area contributed by atoms with Crippen molar-refractivity contribution in [1.29, 1.82) is 0 Å². The van der Waals surface area contributed by atoms with Crippen molar-refractivity contribution in [3.05, 3.63) is 0 Å². The topological polar surface area (TPSA) is 115 Å². The maximum Gasteiger partial charge on any atom is 0.460 e. The number of hydrogen-bond donors (Lipinski definition) is 4. The molecule has 4 N–H and O–H groups in total. The van der Waals surface area contributed by atoms with E-state index in [1.54, 1.807) is 0 Å². The predicted molar refractivity (Wildman–Crippen MR) is 146 cm³/mol. The van der Waals surface area contributed by atoms with Crippen molar-refractivity contribution in [3.63, 3.8) is 0 Å². The Balaban J connectivity index is 7.90. The van der Waals surface area contributed by atoms with Gasteiger partial charge in [0.2, 0.25) is 0 Å². The van der Waals surface area contributed by atoms with E-state index in [-0.39, 0.29) is 8.97 Å². The van der Waals surface area contributed by atoms with Gasteiger partial charge in [0.25, 0.3) is 0 Å². The highest BCUT2D eigenvalue weighted by molar-refractivity contribution is 7.71. The molecular weight excluding hydrogens is 486 g/mol. The summed E-state index contributed by atoms with van der Waals surface area (Å²) in [5.41, 5.74) is 0. The standard InChI is InChI=1S/C25H56N2O6P2/c1-7-13-19-26(20-14-8-2,21-15-9-3)25(34(28,29)30,35(31,32)33)27(22-16-10-4,23-17-11-5)24-18-12-6/h7-24H2,1-6H3,(H2-2,28,29,30,31,32,33)/p+2. The fourth-order valence-electron chi connectivity index (χ4n) is 6.06. The summed E-state index contributed by atoms with van der Waals surface area (Å²) >= 11 is 0. The number of nitrogens with zero attached hydrogens (tertiary/aromatic N) is 2. The molecular formula is C25H58N2O6P2+2. The van der Waals surface area contributed by atoms with E-state index in [0.717, 1.165) is 38.5 Å². The molecule has 0 aromatic heterocycles. The molecule has 0 bridgehead atoms. The van der Waals surface area contributed by atoms with Crippen molar-refractivity contribution in [2.24, 2.45) is 0 Å². The van der Waals surface area contributed by atoms with E-state index in [1.165, 1.54) is 0 Å². The van der Waals surface area contributed by atoms with Crippen LogP contribution in [0.4, 0.5) is 0 Å². The third kappa shape index (κ3) is 8.10. The first-order valence-electron chi connectivity index (χ1n) is 14.2. The number of hydrogen-bond acceptors (Lipinski definition) is 2. The summed E-state index contributed by atoms with van der Waals surface area (Å²) in [7, 11) is -10.7. The highest BCUT2D eigenvalue weighted by Gasteiger charge is 2.83. The van der Waals surface area contributed by atoms with Gasteiger partial charge in [0, 0.05) is 0 Å². The van der Waals surface area contributed by atoms with Crippen LogP contribution >= 0.6 is 15.2 Å². The third-order valence-electron chi connectivity index (χ3n) is 7.69. The first-order valence-corrected chi connectivity index (χ1v) is 17.4. The van der Waals surface area contributed by atoms with Crippen LogP contribution in [0.15, 0.2) is 0 Å². The van der Waals surface area contributed by atoms with Gasteiger partial charge in [0.1, 0.15) is 0 Å². The smallest absolute Gasteiger partial charge is 0.315 e. The van der Waals surface area contributed by atoms with Crippen molar-refractivity contribution in [1.82, 2.24) is 0 Å². The van der Waals surface area contributed by atoms with Crippen LogP contribution in [0.2, 0.25) is 0 Å². The zero-order valence-electron chi connectivity index (χ0n) is 23.6. The van der Waals surface area contributed by atoms with Crippen LogP contribution in [-0.4, -0.2) is 73.0 Å². The summed E-state index contributed by atoms with van der Waals surface area (Å²) in [4.78, 5) is 45.3. The monoisotopic (exact) mass is 544 g/mol. The van der Waals surface area contributed by atoms with E-state index in [0.29, 0.717) is 77.8 Å². The molecule has 0 aromatic carbocycles. The highest BCUT2D eigenvalue weighted by Crippen LogP contribution is 2.76. The Morgan fingerprint density at radius 3 is 0.743 bits per heavy atom. The number of quaternary nitrogens is 2. The summed E-state index contributed by atoms with van der Waals surface area (Å²) in [6.45, 7) is 14.4. The largest absolute Gasteiger partial charge is 0.460 e. The lowest BCUT2D eigenvalue weighted by molar-refractivity contribution is -1.13. The predicted octanol–water partition coefficient (Wildman–Crippen LogP) is 6.39. The maximum absolute atomic E-state index is 13.9. The molecule has 0 radical (unpaired) electrons. The van der Waals surface area contributed by atoms with Crippen LogP contribution in [0.5, 0.6) is 0 Å². The Labute approximate surface area is 216 Å². The summed E-state index contributed by atoms with van der Waals surface area (Å²) in [6.07, 6.45) is 8.83. The van der Waals surface area contributed by atoms with Gasteiger partial charge in [0.05, 0.1) is 39.3 Å². The number of rotatable bonds is 22. The van der Waals surface area contributed by atoms with Gasteiger partial charge < -0.3 is 19.6 Å². The molecule has 0 heterocycles. The molecule has 0 atom stereocenters. The second-order valence-corrected chi connectivity index (χ2v) is 14.2. The van der Waals surface area contributed by atoms with Gasteiger partial charge >= 0.3 is 20.3 Å². The van der Waals surface area contributed by atoms with Crippen LogP contribution in [0, 0.1) is 0 Å². The minimum Gasteiger partial charge on any atom is -0.315 e. The van der Waals surface area contributed by atoms with Gasteiger partial charge in [-0.2, -0.15) is 0 Å². The van der Waals surface area contributed by atoms with Crippen molar-refractivity contribution in [3.8, 4) is 0 Å². The first kappa shape index (κ1) is 35.2. The molecule has 0 amide bonds. The lowest BCUT2D eigenvalue weighted by Gasteiger charge is -2.60. The Hall–Kier alpha value is 0.220. The first-order chi connectivity index (χ1) is 16.4. The van der Waals surface area contributed by atoms with E-state index >= 15 is 0 Å². The van der Waals surface area contributed by atoms with Gasteiger partial charge in [-0.3, -0.25) is 8.97 Å². The maximum atomic E-state index is 13.9. The van der Waals surface area contributed by atoms with Crippen molar-refractivity contribution >= 4 is 15.2 Å². The summed E-state index contributed by atoms with van der Waals surface area (Å²) in [6, 6.07) is 0. The average Bonchev–Trinajstić information content (AvgIpc) is 2.78. The molecule has 0 aliphatic rings. The molecule has 0 aliphatic carbocycles. The SMILES string of the molecule is CCCC[N+](CCCC)(CCCC)C([N+](CCCC)(CCCC)CCCC)(P(=O)(O)O)P(=O)(O)O. The summed E-state index contributed by atoms with van der Waals surface area (Å²) < 4.78 is 27.5. The Bertz CT molecular complexity index is 565. The second-order valence-electron chi connectivity index (χ2n) is 10.4. The van der Waals surface area contributed by atoms with Crippen molar-refractivity contribution in [2.75, 3.05) is 39.3 Å². The molecule has 0 saturated heterocycles. The van der Waals surface area contributed by atoms with Crippen LogP contribution in [-0.2, 0) is 9.13 Å². The zero-order chi connectivity index (χ0) is 27.2. The van der Waals surface area contributed by atoms with E-state index in [9.17, 15) is 28.7 Å². The van der Waals surface area contributed by atoms with Crippen LogP contribution < -0.4 is 0 Å². The fraction of sp³-hybridized carbons (Fsp3) is 1.00. The molecule has 0 aromatic rings. The van der Waals surface area contributed by atoms with E-state index < -0.39 is 20.3 Å². The Kier molecular flexibility index (Phi) is 16.3. The molecule has 10 heteroatoms. The van der Waals surface area contributed by atoms with Gasteiger partial charge in [-0.25, -0.2) is 9.13 Å². The Morgan fingerprint density at radius 1 is 0.457 bits per heavy atom. The molecule has 8 nitrogen and oxygen atoms in total. The molecule has 35 heavy (non-hydrogen) atoms. The number of unbranched alkanes of at least 4 members (excludes halogenated alkanes) is 6. The van der Waals surface area contributed by atoms with Gasteiger partial charge in [-0.05, 0) is 38.5 Å². The third-order valence-corrected chi connectivity index (χ3v) is 12.5. The minimum absolute atomic E-state index is 0.186. The highest BCUT2D eigenvalue weighted by atomic mass is 31.2. The Morgan fingerprint density at radius 2 is 0.629 bits per heavy atom. The van der Waals surface area contributed by atoms with E-state index in [4.69, 9.17) is 0 Å². The van der Waals surface area contributed by atoms with Crippen LogP contribution in [0.1, 0.15) is 119 Å². The normalized spacial score (nSPS) is 14.0. The second kappa shape index (κ2) is 16.2. The molecule has 0 fully saturated rings.